The van der Waals surface area contributed by atoms with E-state index in [9.17, 15) is 39.9 Å². The number of hydrogen-bond acceptors (Lipinski definition) is 9. The van der Waals surface area contributed by atoms with E-state index in [0.717, 1.165) is 32.6 Å². The van der Waals surface area contributed by atoms with Gasteiger partial charge in [-0.15, -0.1) is 0 Å². The summed E-state index contributed by atoms with van der Waals surface area (Å²) in [6.45, 7) is 9.90. The molecule has 224 valence electrons. The largest absolute Gasteiger partial charge is 0.508 e. The van der Waals surface area contributed by atoms with Crippen LogP contribution in [0.15, 0.2) is 35.1 Å². The van der Waals surface area contributed by atoms with Crippen LogP contribution in [0.3, 0.4) is 0 Å². The van der Waals surface area contributed by atoms with Crippen molar-refractivity contribution in [3.8, 4) is 5.75 Å². The van der Waals surface area contributed by atoms with Crippen molar-refractivity contribution in [3.05, 3.63) is 46.2 Å². The lowest BCUT2D eigenvalue weighted by atomic mass is 9.40. The fourth-order valence-corrected chi connectivity index (χ4v) is 7.82. The Morgan fingerprint density at radius 3 is 2.32 bits per heavy atom. The molecule has 1 aromatic carbocycles. The van der Waals surface area contributed by atoms with Crippen molar-refractivity contribution in [2.24, 2.45) is 22.7 Å². The average Bonchev–Trinajstić information content (AvgIpc) is 2.89. The number of hydrogen-bond donors (Lipinski definition) is 5. The molecule has 1 unspecified atom stereocenters. The van der Waals surface area contributed by atoms with Gasteiger partial charge in [-0.1, -0.05) is 66.0 Å². The number of fused-ring (bicyclic) bond motifs is 3. The van der Waals surface area contributed by atoms with E-state index in [4.69, 9.17) is 4.74 Å². The van der Waals surface area contributed by atoms with Crippen molar-refractivity contribution >= 4 is 23.1 Å². The van der Waals surface area contributed by atoms with Crippen LogP contribution in [0.2, 0.25) is 0 Å². The molecule has 0 spiro atoms. The highest BCUT2D eigenvalue weighted by atomic mass is 16.5. The lowest BCUT2D eigenvalue weighted by molar-refractivity contribution is -0.217. The van der Waals surface area contributed by atoms with Crippen LogP contribution in [0.5, 0.6) is 5.75 Å². The van der Waals surface area contributed by atoms with Crippen molar-refractivity contribution in [2.75, 3.05) is 13.2 Å². The topological polar surface area (TPSA) is 162 Å². The van der Waals surface area contributed by atoms with E-state index in [1.165, 1.54) is 13.0 Å². The predicted molar refractivity (Wildman–Crippen MR) is 151 cm³/mol. The third-order valence-corrected chi connectivity index (χ3v) is 9.86. The Morgan fingerprint density at radius 2 is 1.73 bits per heavy atom. The number of aromatic hydroxyl groups is 1. The normalized spacial score (nSPS) is 33.1. The molecule has 0 aromatic heterocycles. The fourth-order valence-electron chi connectivity index (χ4n) is 7.82. The zero-order chi connectivity index (χ0) is 30.7. The van der Waals surface area contributed by atoms with Gasteiger partial charge in [0, 0.05) is 29.3 Å². The number of benzene rings is 1. The Balaban J connectivity index is 2.00. The third kappa shape index (κ3) is 4.03. The molecule has 6 atom stereocenters. The standard InChI is InChI=1S/C32H42O9/c1-7-8-9-10-14-41-15-19-18-12-11-13-20(34)22(18)26(36)24-28(38)32(40)27(37)21(17(4)33)25(35)23(16(2)3)31(32,6)29(39)30(19,24)5/h11-13,16,19,23,29,34,36-37,39-40H,7-10,14-15H2,1-6H3/t19-,23?,29-,30+,31+,32+/m1/s1. The van der Waals surface area contributed by atoms with Crippen LogP contribution in [0, 0.1) is 22.7 Å². The minimum absolute atomic E-state index is 0.00944. The maximum atomic E-state index is 14.5. The summed E-state index contributed by atoms with van der Waals surface area (Å²) >= 11 is 0. The molecule has 1 saturated carbocycles. The molecule has 0 amide bonds. The maximum absolute atomic E-state index is 14.5. The molecule has 9 nitrogen and oxygen atoms in total. The number of rotatable bonds is 9. The van der Waals surface area contributed by atoms with Gasteiger partial charge in [0.15, 0.2) is 17.2 Å². The van der Waals surface area contributed by atoms with E-state index in [1.807, 2.05) is 0 Å². The van der Waals surface area contributed by atoms with E-state index in [0.29, 0.717) is 12.2 Å². The van der Waals surface area contributed by atoms with Gasteiger partial charge < -0.3 is 30.3 Å². The molecule has 0 bridgehead atoms. The van der Waals surface area contributed by atoms with Crippen molar-refractivity contribution < 1.29 is 44.7 Å². The van der Waals surface area contributed by atoms with Crippen LogP contribution in [0.4, 0.5) is 0 Å². The molecule has 0 aliphatic heterocycles. The van der Waals surface area contributed by atoms with Gasteiger partial charge >= 0.3 is 0 Å². The number of phenols is 1. The second-order valence-corrected chi connectivity index (χ2v) is 12.5. The zero-order valence-corrected chi connectivity index (χ0v) is 24.7. The van der Waals surface area contributed by atoms with E-state index >= 15 is 0 Å². The molecular formula is C32H42O9. The smallest absolute Gasteiger partial charge is 0.203 e. The highest BCUT2D eigenvalue weighted by molar-refractivity contribution is 6.24. The summed E-state index contributed by atoms with van der Waals surface area (Å²) in [6, 6.07) is 4.62. The minimum atomic E-state index is -2.91. The Labute approximate surface area is 240 Å². The molecule has 0 saturated heterocycles. The Hall–Kier alpha value is -3.01. The number of carbonyl (C=O) groups excluding carboxylic acids is 3. The highest BCUT2D eigenvalue weighted by Gasteiger charge is 2.77. The van der Waals surface area contributed by atoms with Crippen LogP contribution in [-0.2, 0) is 19.1 Å². The van der Waals surface area contributed by atoms with Gasteiger partial charge in [0.2, 0.25) is 5.78 Å². The Morgan fingerprint density at radius 1 is 1.07 bits per heavy atom. The third-order valence-electron chi connectivity index (χ3n) is 9.86. The van der Waals surface area contributed by atoms with Gasteiger partial charge in [-0.25, -0.2) is 0 Å². The zero-order valence-electron chi connectivity index (χ0n) is 24.7. The number of allylic oxidation sites excluding steroid dienone is 1. The quantitative estimate of drug-likeness (QED) is 0.215. The summed E-state index contributed by atoms with van der Waals surface area (Å²) in [5.74, 6) is -7.39. The number of ketones is 3. The maximum Gasteiger partial charge on any atom is 0.203 e. The van der Waals surface area contributed by atoms with Crippen LogP contribution in [0.25, 0.3) is 5.76 Å². The van der Waals surface area contributed by atoms with Crippen LogP contribution in [0.1, 0.15) is 84.3 Å². The first-order chi connectivity index (χ1) is 19.1. The SMILES string of the molecule is CCCCCCOC[C@@H]1c2cccc(O)c2C(O)=C2C(=O)[C@@]3(O)C(O)=C(C(C)=O)C(=O)C(C(C)C)[C@@]3(C)[C@H](O)[C@]21C. The molecule has 1 fully saturated rings. The number of phenolic OH excluding ortho intramolecular Hbond substituents is 1. The lowest BCUT2D eigenvalue weighted by Gasteiger charge is -2.63. The van der Waals surface area contributed by atoms with E-state index in [2.05, 4.69) is 6.92 Å². The van der Waals surface area contributed by atoms with Crippen molar-refractivity contribution in [2.45, 2.75) is 84.8 Å². The fraction of sp³-hybridized carbons (Fsp3) is 0.594. The molecule has 0 heterocycles. The first-order valence-electron chi connectivity index (χ1n) is 14.4. The van der Waals surface area contributed by atoms with Crippen LogP contribution >= 0.6 is 0 Å². The van der Waals surface area contributed by atoms with Gasteiger partial charge in [0.1, 0.15) is 22.8 Å². The number of aliphatic hydroxyl groups excluding tert-OH is 3. The number of aliphatic hydroxyl groups is 4. The highest BCUT2D eigenvalue weighted by Crippen LogP contribution is 2.67. The summed E-state index contributed by atoms with van der Waals surface area (Å²) in [5.41, 5.74) is -7.21. The van der Waals surface area contributed by atoms with Crippen molar-refractivity contribution in [1.82, 2.24) is 0 Å². The van der Waals surface area contributed by atoms with E-state index in [-0.39, 0.29) is 17.9 Å². The summed E-state index contributed by atoms with van der Waals surface area (Å²) in [4.78, 5) is 40.8. The second kappa shape index (κ2) is 10.7. The average molecular weight is 571 g/mol. The molecule has 9 heteroatoms. The van der Waals surface area contributed by atoms with Gasteiger partial charge in [-0.05, 0) is 30.9 Å². The van der Waals surface area contributed by atoms with Gasteiger partial charge in [0.25, 0.3) is 0 Å². The van der Waals surface area contributed by atoms with Gasteiger partial charge in [-0.3, -0.25) is 14.4 Å². The minimum Gasteiger partial charge on any atom is -0.508 e. The van der Waals surface area contributed by atoms with Gasteiger partial charge in [-0.2, -0.15) is 0 Å². The van der Waals surface area contributed by atoms with Gasteiger partial charge in [0.05, 0.1) is 23.8 Å². The van der Waals surface area contributed by atoms with E-state index < -0.39 is 80.3 Å². The van der Waals surface area contributed by atoms with E-state index in [1.54, 1.807) is 32.9 Å². The number of carbonyl (C=O) groups is 3. The monoisotopic (exact) mass is 570 g/mol. The summed E-state index contributed by atoms with van der Waals surface area (Å²) in [7, 11) is 0. The lowest BCUT2D eigenvalue weighted by Crippen LogP contribution is -2.75. The van der Waals surface area contributed by atoms with Crippen LogP contribution < -0.4 is 0 Å². The van der Waals surface area contributed by atoms with Crippen molar-refractivity contribution in [1.29, 1.82) is 0 Å². The molecule has 3 aliphatic carbocycles. The van der Waals surface area contributed by atoms with Crippen molar-refractivity contribution in [3.63, 3.8) is 0 Å². The molecule has 3 aliphatic rings. The molecular weight excluding hydrogens is 528 g/mol. The Bertz CT molecular complexity index is 1340. The predicted octanol–water partition coefficient (Wildman–Crippen LogP) is 4.30. The number of ether oxygens (including phenoxy) is 1. The first-order valence-corrected chi connectivity index (χ1v) is 14.4. The summed E-state index contributed by atoms with van der Waals surface area (Å²) < 4.78 is 6.07. The Kier molecular flexibility index (Phi) is 8.06. The molecule has 5 N–H and O–H groups in total. The molecule has 4 rings (SSSR count). The number of Topliss-reactive ketones (excluding diaryl/α,β-unsaturated/α-hetero) is 3. The summed E-state index contributed by atoms with van der Waals surface area (Å²) in [5, 5.41) is 58.3. The second-order valence-electron chi connectivity index (χ2n) is 12.5. The number of unbranched alkanes of at least 4 members (excludes halogenated alkanes) is 3. The first kappa shape index (κ1) is 30.9. The summed E-state index contributed by atoms with van der Waals surface area (Å²) in [6.07, 6.45) is 2.18. The van der Waals surface area contributed by atoms with Crippen LogP contribution in [-0.4, -0.2) is 67.8 Å². The molecule has 1 aromatic rings. The molecule has 41 heavy (non-hydrogen) atoms. The molecule has 0 radical (unpaired) electrons.